The van der Waals surface area contributed by atoms with E-state index in [0.29, 0.717) is 0 Å². The first-order chi connectivity index (χ1) is 6.12. The van der Waals surface area contributed by atoms with Crippen molar-refractivity contribution in [3.8, 4) is 6.07 Å². The molecule has 14 heavy (non-hydrogen) atoms. The monoisotopic (exact) mass is 231 g/mol. The lowest BCUT2D eigenvalue weighted by Crippen LogP contribution is -2.31. The highest BCUT2D eigenvalue weighted by Gasteiger charge is 2.49. The third-order valence-corrected chi connectivity index (χ3v) is 2.27. The zero-order valence-electron chi connectivity index (χ0n) is 7.37. The lowest BCUT2D eigenvalue weighted by Gasteiger charge is -2.14. The van der Waals surface area contributed by atoms with Crippen LogP contribution in [0.3, 0.4) is 0 Å². The lowest BCUT2D eigenvalue weighted by molar-refractivity contribution is -0.0568. The molecule has 0 heterocycles. The standard InChI is InChI=1S/C6H8F3NO3S/c1-4(2)5(3-10)13-14(11,12)6(7,8)9/h4-5H,1-2H3. The molecule has 0 bridgehead atoms. The Hall–Kier alpha value is -0.810. The summed E-state index contributed by atoms with van der Waals surface area (Å²) in [5.74, 6) is -0.642. The molecule has 0 radical (unpaired) electrons. The number of hydrogen-bond donors (Lipinski definition) is 0. The Morgan fingerprint density at radius 2 is 1.79 bits per heavy atom. The Bertz CT molecular complexity index is 327. The predicted molar refractivity (Wildman–Crippen MR) is 40.3 cm³/mol. The van der Waals surface area contributed by atoms with Crippen LogP contribution in [-0.4, -0.2) is 20.0 Å². The van der Waals surface area contributed by atoms with E-state index in [9.17, 15) is 21.6 Å². The molecule has 0 saturated carbocycles. The van der Waals surface area contributed by atoms with Crippen LogP contribution in [0.25, 0.3) is 0 Å². The highest BCUT2D eigenvalue weighted by molar-refractivity contribution is 7.87. The van der Waals surface area contributed by atoms with Crippen molar-refractivity contribution in [1.29, 1.82) is 5.26 Å². The maximum atomic E-state index is 11.8. The second-order valence-corrected chi connectivity index (χ2v) is 4.35. The first-order valence-corrected chi connectivity index (χ1v) is 4.92. The molecule has 8 heteroatoms. The molecule has 0 fully saturated rings. The molecule has 0 saturated heterocycles. The summed E-state index contributed by atoms with van der Waals surface area (Å²) in [6.45, 7) is 2.75. The van der Waals surface area contributed by atoms with Crippen LogP contribution in [0.4, 0.5) is 13.2 Å². The molecule has 0 aliphatic heterocycles. The van der Waals surface area contributed by atoms with Gasteiger partial charge in [-0.2, -0.15) is 26.9 Å². The smallest absolute Gasteiger partial charge is 0.244 e. The van der Waals surface area contributed by atoms with Crippen LogP contribution < -0.4 is 0 Å². The summed E-state index contributed by atoms with van der Waals surface area (Å²) in [7, 11) is -5.68. The Morgan fingerprint density at radius 1 is 1.36 bits per heavy atom. The van der Waals surface area contributed by atoms with Crippen molar-refractivity contribution in [3.05, 3.63) is 0 Å². The average molecular weight is 231 g/mol. The van der Waals surface area contributed by atoms with E-state index in [1.807, 2.05) is 0 Å². The van der Waals surface area contributed by atoms with E-state index in [2.05, 4.69) is 4.18 Å². The number of nitriles is 1. The van der Waals surface area contributed by atoms with Crippen molar-refractivity contribution in [1.82, 2.24) is 0 Å². The highest BCUT2D eigenvalue weighted by atomic mass is 32.2. The third-order valence-electron chi connectivity index (χ3n) is 1.25. The summed E-state index contributed by atoms with van der Waals surface area (Å²) in [6, 6.07) is 1.33. The Kier molecular flexibility index (Phi) is 3.91. The van der Waals surface area contributed by atoms with E-state index in [-0.39, 0.29) is 0 Å². The number of nitrogens with zero attached hydrogens (tertiary/aromatic N) is 1. The Morgan fingerprint density at radius 3 is 2.00 bits per heavy atom. The first-order valence-electron chi connectivity index (χ1n) is 3.51. The number of halogens is 3. The molecular weight excluding hydrogens is 223 g/mol. The van der Waals surface area contributed by atoms with Crippen molar-refractivity contribution in [3.63, 3.8) is 0 Å². The van der Waals surface area contributed by atoms with Crippen LogP contribution in [0.1, 0.15) is 13.8 Å². The molecule has 0 N–H and O–H groups in total. The summed E-state index contributed by atoms with van der Waals surface area (Å²) in [4.78, 5) is 0. The fourth-order valence-electron chi connectivity index (χ4n) is 0.473. The van der Waals surface area contributed by atoms with Gasteiger partial charge in [0.05, 0.1) is 6.07 Å². The van der Waals surface area contributed by atoms with Gasteiger partial charge in [0.25, 0.3) is 0 Å². The SMILES string of the molecule is CC(C)C(C#N)OS(=O)(=O)C(F)(F)F. The lowest BCUT2D eigenvalue weighted by atomic mass is 10.1. The number of alkyl halides is 3. The fraction of sp³-hybridized carbons (Fsp3) is 0.833. The minimum atomic E-state index is -5.68. The van der Waals surface area contributed by atoms with Crippen LogP contribution in [0, 0.1) is 17.2 Å². The van der Waals surface area contributed by atoms with Crippen LogP contribution in [0.15, 0.2) is 0 Å². The van der Waals surface area contributed by atoms with E-state index < -0.39 is 27.6 Å². The summed E-state index contributed by atoms with van der Waals surface area (Å²) >= 11 is 0. The van der Waals surface area contributed by atoms with Crippen molar-refractivity contribution in [2.75, 3.05) is 0 Å². The minimum Gasteiger partial charge on any atom is -0.244 e. The predicted octanol–water partition coefficient (Wildman–Crippen LogP) is 1.40. The molecule has 82 valence electrons. The van der Waals surface area contributed by atoms with E-state index in [1.54, 1.807) is 0 Å². The molecule has 0 amide bonds. The molecule has 0 aliphatic rings. The van der Waals surface area contributed by atoms with Gasteiger partial charge in [-0.3, -0.25) is 0 Å². The molecular formula is C6H8F3NO3S. The van der Waals surface area contributed by atoms with Gasteiger partial charge in [-0.25, -0.2) is 4.18 Å². The summed E-state index contributed by atoms with van der Waals surface area (Å²) in [5.41, 5.74) is -5.49. The van der Waals surface area contributed by atoms with E-state index in [0.717, 1.165) is 0 Å². The maximum Gasteiger partial charge on any atom is 0.523 e. The van der Waals surface area contributed by atoms with Crippen LogP contribution in [0.5, 0.6) is 0 Å². The normalized spacial score (nSPS) is 15.2. The molecule has 1 unspecified atom stereocenters. The third kappa shape index (κ3) is 3.16. The average Bonchev–Trinajstić information content (AvgIpc) is 1.97. The number of rotatable bonds is 3. The van der Waals surface area contributed by atoms with Gasteiger partial charge in [-0.1, -0.05) is 13.8 Å². The van der Waals surface area contributed by atoms with Crippen LogP contribution >= 0.6 is 0 Å². The van der Waals surface area contributed by atoms with Gasteiger partial charge in [-0.15, -0.1) is 0 Å². The molecule has 0 aromatic heterocycles. The molecule has 0 aromatic rings. The van der Waals surface area contributed by atoms with Gasteiger partial charge in [0.2, 0.25) is 0 Å². The van der Waals surface area contributed by atoms with E-state index >= 15 is 0 Å². The largest absolute Gasteiger partial charge is 0.523 e. The van der Waals surface area contributed by atoms with Gasteiger partial charge in [0.1, 0.15) is 0 Å². The second-order valence-electron chi connectivity index (χ2n) is 2.79. The molecule has 0 aliphatic carbocycles. The molecule has 0 rings (SSSR count). The van der Waals surface area contributed by atoms with Crippen molar-refractivity contribution in [2.24, 2.45) is 5.92 Å². The molecule has 1 atom stereocenters. The van der Waals surface area contributed by atoms with Gasteiger partial charge >= 0.3 is 15.6 Å². The Labute approximate surface area is 79.4 Å². The fourth-order valence-corrected chi connectivity index (χ4v) is 1.12. The van der Waals surface area contributed by atoms with Crippen molar-refractivity contribution in [2.45, 2.75) is 25.5 Å². The molecule has 0 aromatic carbocycles. The van der Waals surface area contributed by atoms with Crippen LogP contribution in [0.2, 0.25) is 0 Å². The number of hydrogen-bond acceptors (Lipinski definition) is 4. The van der Waals surface area contributed by atoms with Gasteiger partial charge < -0.3 is 0 Å². The van der Waals surface area contributed by atoms with Gasteiger partial charge in [0, 0.05) is 0 Å². The minimum absolute atomic E-state index is 0.642. The summed E-state index contributed by atoms with van der Waals surface area (Å²) in [6.07, 6.45) is -1.62. The highest BCUT2D eigenvalue weighted by Crippen LogP contribution is 2.26. The van der Waals surface area contributed by atoms with Crippen molar-refractivity contribution >= 4 is 10.1 Å². The molecule has 4 nitrogen and oxygen atoms in total. The van der Waals surface area contributed by atoms with Gasteiger partial charge in [0.15, 0.2) is 6.10 Å². The maximum absolute atomic E-state index is 11.8. The first kappa shape index (κ1) is 13.2. The van der Waals surface area contributed by atoms with Gasteiger partial charge in [-0.05, 0) is 5.92 Å². The quantitative estimate of drug-likeness (QED) is 0.544. The zero-order valence-corrected chi connectivity index (χ0v) is 8.19. The summed E-state index contributed by atoms with van der Waals surface area (Å²) in [5, 5.41) is 8.32. The summed E-state index contributed by atoms with van der Waals surface area (Å²) < 4.78 is 59.9. The second kappa shape index (κ2) is 4.14. The van der Waals surface area contributed by atoms with E-state index in [1.165, 1.54) is 19.9 Å². The molecule has 0 spiro atoms. The topological polar surface area (TPSA) is 67.2 Å². The zero-order chi connectivity index (χ0) is 11.6. The van der Waals surface area contributed by atoms with Crippen LogP contribution in [-0.2, 0) is 14.3 Å². The van der Waals surface area contributed by atoms with Crippen molar-refractivity contribution < 1.29 is 25.8 Å². The van der Waals surface area contributed by atoms with E-state index in [4.69, 9.17) is 5.26 Å². The Balaban J connectivity index is 4.78.